The molecule has 0 aliphatic carbocycles. The Hall–Kier alpha value is 0.0969. The largest absolute Gasteiger partial charge is 0.395 e. The molecule has 1 fully saturated rings. The summed E-state index contributed by atoms with van der Waals surface area (Å²) in [6.07, 6.45) is 0.231. The minimum Gasteiger partial charge on any atom is -0.395 e. The Morgan fingerprint density at radius 1 is 1.40 bits per heavy atom. The van der Waals surface area contributed by atoms with Gasteiger partial charge < -0.3 is 13.6 Å². The average molecular weight is 232 g/mol. The molecule has 1 aliphatic heterocycles. The molecule has 0 saturated carbocycles. The fraction of sp³-hybridized carbons (Fsp3) is 1.00. The molecule has 0 aromatic rings. The molecule has 1 saturated heterocycles. The van der Waals surface area contributed by atoms with Gasteiger partial charge in [-0.25, -0.2) is 0 Å². The van der Waals surface area contributed by atoms with Crippen LogP contribution in [-0.4, -0.2) is 34.5 Å². The van der Waals surface area contributed by atoms with Crippen LogP contribution in [0, 0.1) is 5.41 Å². The minimum atomic E-state index is -1.93. The molecule has 0 aromatic carbocycles. The molecule has 0 radical (unpaired) electrons. The van der Waals surface area contributed by atoms with Crippen molar-refractivity contribution in [3.63, 3.8) is 0 Å². The van der Waals surface area contributed by atoms with Gasteiger partial charge >= 0.3 is 8.56 Å². The van der Waals surface area contributed by atoms with E-state index in [1.54, 1.807) is 0 Å². The fourth-order valence-electron chi connectivity index (χ4n) is 1.70. The molecule has 15 heavy (non-hydrogen) atoms. The van der Waals surface area contributed by atoms with E-state index in [-0.39, 0.29) is 11.5 Å². The zero-order valence-electron chi connectivity index (χ0n) is 10.6. The number of hydrogen-bond acceptors (Lipinski definition) is 3. The fourth-order valence-corrected chi connectivity index (χ4v) is 3.78. The van der Waals surface area contributed by atoms with E-state index in [2.05, 4.69) is 27.3 Å². The summed E-state index contributed by atoms with van der Waals surface area (Å²) in [5.41, 5.74) is 0.195. The molecule has 0 amide bonds. The number of hydrogen-bond donors (Lipinski definition) is 0. The van der Waals surface area contributed by atoms with Crippen LogP contribution in [-0.2, 0) is 13.6 Å². The predicted octanol–water partition coefficient (Wildman–Crippen LogP) is 2.56. The third kappa shape index (κ3) is 3.03. The second-order valence-corrected chi connectivity index (χ2v) is 8.33. The van der Waals surface area contributed by atoms with Crippen LogP contribution in [0.5, 0.6) is 0 Å². The SMILES string of the molecule is CCO[Si](C)(CC)OC(C)C1(C)COC1. The Kier molecular flexibility index (Phi) is 4.35. The summed E-state index contributed by atoms with van der Waals surface area (Å²) in [5.74, 6) is 0. The van der Waals surface area contributed by atoms with Crippen LogP contribution in [0.15, 0.2) is 0 Å². The number of rotatable bonds is 6. The lowest BCUT2D eigenvalue weighted by atomic mass is 9.83. The maximum Gasteiger partial charge on any atom is 0.334 e. The summed E-state index contributed by atoms with van der Waals surface area (Å²) in [6, 6.07) is 1.00. The summed E-state index contributed by atoms with van der Waals surface area (Å²) >= 11 is 0. The summed E-state index contributed by atoms with van der Waals surface area (Å²) in [4.78, 5) is 0. The lowest BCUT2D eigenvalue weighted by Crippen LogP contribution is -2.53. The normalized spacial score (nSPS) is 25.4. The average Bonchev–Trinajstić information content (AvgIpc) is 2.14. The van der Waals surface area contributed by atoms with E-state index in [4.69, 9.17) is 13.6 Å². The maximum atomic E-state index is 6.17. The van der Waals surface area contributed by atoms with Crippen LogP contribution in [0.2, 0.25) is 12.6 Å². The Bertz CT molecular complexity index is 206. The van der Waals surface area contributed by atoms with Crippen molar-refractivity contribution in [3.8, 4) is 0 Å². The summed E-state index contributed by atoms with van der Waals surface area (Å²) in [7, 11) is -1.93. The smallest absolute Gasteiger partial charge is 0.334 e. The van der Waals surface area contributed by atoms with E-state index >= 15 is 0 Å². The molecule has 90 valence electrons. The first-order valence-corrected chi connectivity index (χ1v) is 8.37. The van der Waals surface area contributed by atoms with Crippen LogP contribution in [0.25, 0.3) is 0 Å². The molecule has 2 atom stereocenters. The third-order valence-corrected chi connectivity index (χ3v) is 6.40. The Morgan fingerprint density at radius 3 is 2.33 bits per heavy atom. The van der Waals surface area contributed by atoms with Crippen molar-refractivity contribution in [3.05, 3.63) is 0 Å². The van der Waals surface area contributed by atoms with E-state index in [0.29, 0.717) is 0 Å². The summed E-state index contributed by atoms with van der Waals surface area (Å²) < 4.78 is 17.2. The van der Waals surface area contributed by atoms with Gasteiger partial charge in [0, 0.05) is 12.0 Å². The van der Waals surface area contributed by atoms with Crippen molar-refractivity contribution in [2.24, 2.45) is 5.41 Å². The predicted molar refractivity (Wildman–Crippen MR) is 63.2 cm³/mol. The highest BCUT2D eigenvalue weighted by Crippen LogP contribution is 2.34. The quantitative estimate of drug-likeness (QED) is 0.659. The highest BCUT2D eigenvalue weighted by molar-refractivity contribution is 6.65. The highest BCUT2D eigenvalue weighted by atomic mass is 28.4. The van der Waals surface area contributed by atoms with Gasteiger partial charge in [-0.15, -0.1) is 0 Å². The first kappa shape index (κ1) is 13.2. The van der Waals surface area contributed by atoms with Crippen molar-refractivity contribution in [2.75, 3.05) is 19.8 Å². The molecule has 0 aromatic heterocycles. The van der Waals surface area contributed by atoms with Gasteiger partial charge in [0.05, 0.1) is 19.3 Å². The third-order valence-electron chi connectivity index (χ3n) is 3.36. The van der Waals surface area contributed by atoms with Crippen molar-refractivity contribution in [1.29, 1.82) is 0 Å². The van der Waals surface area contributed by atoms with Gasteiger partial charge in [-0.05, 0) is 26.4 Å². The van der Waals surface area contributed by atoms with Gasteiger partial charge in [0.25, 0.3) is 0 Å². The Balaban J connectivity index is 2.50. The molecule has 3 nitrogen and oxygen atoms in total. The van der Waals surface area contributed by atoms with E-state index in [0.717, 1.165) is 25.9 Å². The molecule has 2 unspecified atom stereocenters. The van der Waals surface area contributed by atoms with Gasteiger partial charge in [-0.1, -0.05) is 13.8 Å². The molecular formula is C11H24O3Si. The second-order valence-electron chi connectivity index (χ2n) is 4.83. The van der Waals surface area contributed by atoms with E-state index in [1.165, 1.54) is 0 Å². The molecule has 0 N–H and O–H groups in total. The van der Waals surface area contributed by atoms with E-state index in [9.17, 15) is 0 Å². The minimum absolute atomic E-state index is 0.195. The lowest BCUT2D eigenvalue weighted by molar-refractivity contribution is -0.154. The van der Waals surface area contributed by atoms with Gasteiger partial charge in [-0.3, -0.25) is 0 Å². The lowest BCUT2D eigenvalue weighted by Gasteiger charge is -2.45. The molecular weight excluding hydrogens is 208 g/mol. The van der Waals surface area contributed by atoms with Gasteiger partial charge in [-0.2, -0.15) is 0 Å². The van der Waals surface area contributed by atoms with Crippen LogP contribution in [0.1, 0.15) is 27.7 Å². The van der Waals surface area contributed by atoms with E-state index in [1.807, 2.05) is 6.92 Å². The standard InChI is InChI=1S/C11H24O3Si/c1-6-13-15(5,7-2)14-10(3)11(4)8-12-9-11/h10H,6-9H2,1-5H3. The first-order chi connectivity index (χ1) is 6.96. The molecule has 1 heterocycles. The van der Waals surface area contributed by atoms with Crippen molar-refractivity contribution >= 4 is 8.56 Å². The molecule has 1 rings (SSSR count). The molecule has 0 bridgehead atoms. The van der Waals surface area contributed by atoms with E-state index < -0.39 is 8.56 Å². The van der Waals surface area contributed by atoms with Gasteiger partial charge in [0.1, 0.15) is 0 Å². The van der Waals surface area contributed by atoms with Crippen LogP contribution in [0.4, 0.5) is 0 Å². The first-order valence-electron chi connectivity index (χ1n) is 5.85. The van der Waals surface area contributed by atoms with Crippen molar-refractivity contribution in [2.45, 2.75) is 46.4 Å². The highest BCUT2D eigenvalue weighted by Gasteiger charge is 2.43. The maximum absolute atomic E-state index is 6.17. The molecule has 1 aliphatic rings. The number of ether oxygens (including phenoxy) is 1. The van der Waals surface area contributed by atoms with Crippen LogP contribution >= 0.6 is 0 Å². The van der Waals surface area contributed by atoms with Crippen LogP contribution < -0.4 is 0 Å². The summed E-state index contributed by atoms with van der Waals surface area (Å²) in [6.45, 7) is 13.1. The second kappa shape index (κ2) is 4.95. The van der Waals surface area contributed by atoms with Gasteiger partial charge in [0.2, 0.25) is 0 Å². The summed E-state index contributed by atoms with van der Waals surface area (Å²) in [5, 5.41) is 0. The zero-order valence-corrected chi connectivity index (χ0v) is 11.6. The molecule has 0 spiro atoms. The molecule has 4 heteroatoms. The Labute approximate surface area is 94.4 Å². The van der Waals surface area contributed by atoms with Crippen molar-refractivity contribution in [1.82, 2.24) is 0 Å². The van der Waals surface area contributed by atoms with Crippen molar-refractivity contribution < 1.29 is 13.6 Å². The monoisotopic (exact) mass is 232 g/mol. The van der Waals surface area contributed by atoms with Gasteiger partial charge in [0.15, 0.2) is 0 Å². The topological polar surface area (TPSA) is 27.7 Å². The van der Waals surface area contributed by atoms with Crippen LogP contribution in [0.3, 0.4) is 0 Å². The Morgan fingerprint density at radius 2 is 2.00 bits per heavy atom. The zero-order chi connectivity index (χ0) is 11.5.